The van der Waals surface area contributed by atoms with Crippen molar-refractivity contribution in [3.8, 4) is 0 Å². The molecular weight excluding hydrogens is 104 g/mol. The summed E-state index contributed by atoms with van der Waals surface area (Å²) in [6.45, 7) is 5.57. The molecule has 8 heavy (non-hydrogen) atoms. The van der Waals surface area contributed by atoms with Crippen molar-refractivity contribution in [3.05, 3.63) is 24.3 Å². The summed E-state index contributed by atoms with van der Waals surface area (Å²) in [6.07, 6.45) is 3.46. The zero-order valence-corrected chi connectivity index (χ0v) is 4.92. The molecule has 2 heteroatoms. The molecule has 0 fully saturated rings. The van der Waals surface area contributed by atoms with Gasteiger partial charge in [0.25, 0.3) is 0 Å². The van der Waals surface area contributed by atoms with Crippen LogP contribution in [0.1, 0.15) is 6.92 Å². The summed E-state index contributed by atoms with van der Waals surface area (Å²) < 4.78 is 0. The number of allylic oxidation sites excluding steroid dienone is 1. The maximum absolute atomic E-state index is 7.91. The van der Waals surface area contributed by atoms with Crippen LogP contribution < -0.4 is 0 Å². The molecule has 0 aliphatic heterocycles. The molecule has 2 nitrogen and oxygen atoms in total. The molecule has 0 bridgehead atoms. The Morgan fingerprint density at radius 2 is 2.50 bits per heavy atom. The highest BCUT2D eigenvalue weighted by Crippen LogP contribution is 1.93. The van der Waals surface area contributed by atoms with Gasteiger partial charge >= 0.3 is 0 Å². The second kappa shape index (κ2) is 4.56. The van der Waals surface area contributed by atoms with Gasteiger partial charge in [-0.05, 0) is 12.5 Å². The van der Waals surface area contributed by atoms with Gasteiger partial charge in [0.15, 0.2) is 0 Å². The molecule has 0 aliphatic carbocycles. The van der Waals surface area contributed by atoms with Crippen LogP contribution in [0.4, 0.5) is 0 Å². The Labute approximate surface area is 49.0 Å². The van der Waals surface area contributed by atoms with Gasteiger partial charge in [-0.1, -0.05) is 18.7 Å². The first-order valence-corrected chi connectivity index (χ1v) is 2.39. The number of hydrogen-bond acceptors (Lipinski definition) is 2. The standard InChI is InChI=1S/C6H10O2/c1-3-6(4-2)5-8-7/h3-4,7H,1,5H2,2H3/b6-4+. The Kier molecular flexibility index (Phi) is 4.21. The Morgan fingerprint density at radius 3 is 2.62 bits per heavy atom. The van der Waals surface area contributed by atoms with Crippen LogP contribution in [-0.4, -0.2) is 11.9 Å². The minimum absolute atomic E-state index is 0.222. The molecule has 0 radical (unpaired) electrons. The van der Waals surface area contributed by atoms with E-state index in [0.29, 0.717) is 0 Å². The molecule has 0 saturated heterocycles. The molecule has 0 rings (SSSR count). The van der Waals surface area contributed by atoms with E-state index >= 15 is 0 Å². The van der Waals surface area contributed by atoms with Crippen LogP contribution in [0.25, 0.3) is 0 Å². The topological polar surface area (TPSA) is 29.5 Å². The second-order valence-corrected chi connectivity index (χ2v) is 1.34. The van der Waals surface area contributed by atoms with Gasteiger partial charge in [0.05, 0.1) is 0 Å². The van der Waals surface area contributed by atoms with Crippen LogP contribution in [0, 0.1) is 0 Å². The largest absolute Gasteiger partial charge is 0.251 e. The maximum atomic E-state index is 7.91. The summed E-state index contributed by atoms with van der Waals surface area (Å²) in [7, 11) is 0. The third kappa shape index (κ3) is 2.55. The SMILES string of the molecule is C=C/C(=C\C)COO. The summed E-state index contributed by atoms with van der Waals surface area (Å²) in [5, 5.41) is 7.91. The lowest BCUT2D eigenvalue weighted by Gasteiger charge is -1.93. The molecule has 0 heterocycles. The molecule has 0 aliphatic rings. The summed E-state index contributed by atoms with van der Waals surface area (Å²) in [4.78, 5) is 3.85. The van der Waals surface area contributed by atoms with Crippen molar-refractivity contribution in [2.75, 3.05) is 6.61 Å². The summed E-state index contributed by atoms with van der Waals surface area (Å²) in [6, 6.07) is 0. The van der Waals surface area contributed by atoms with Gasteiger partial charge in [0.1, 0.15) is 6.61 Å². The van der Waals surface area contributed by atoms with Crippen molar-refractivity contribution < 1.29 is 10.1 Å². The van der Waals surface area contributed by atoms with E-state index in [1.54, 1.807) is 6.08 Å². The molecule has 1 N–H and O–H groups in total. The maximum Gasteiger partial charge on any atom is 0.107 e. The van der Waals surface area contributed by atoms with Gasteiger partial charge in [0, 0.05) is 0 Å². The summed E-state index contributed by atoms with van der Waals surface area (Å²) in [5.41, 5.74) is 0.882. The Balaban J connectivity index is 3.54. The highest BCUT2D eigenvalue weighted by molar-refractivity contribution is 5.14. The van der Waals surface area contributed by atoms with Gasteiger partial charge in [0.2, 0.25) is 0 Å². The van der Waals surface area contributed by atoms with E-state index in [1.165, 1.54) is 0 Å². The highest BCUT2D eigenvalue weighted by Gasteiger charge is 1.85. The zero-order chi connectivity index (χ0) is 6.41. The predicted octanol–water partition coefficient (Wildman–Crippen LogP) is 1.61. The number of rotatable bonds is 3. The van der Waals surface area contributed by atoms with Crippen LogP contribution in [0.2, 0.25) is 0 Å². The first-order valence-electron chi connectivity index (χ1n) is 2.39. The Hall–Kier alpha value is -0.600. The van der Waals surface area contributed by atoms with E-state index in [-0.39, 0.29) is 6.61 Å². The Morgan fingerprint density at radius 1 is 1.88 bits per heavy atom. The normalized spacial score (nSPS) is 11.5. The van der Waals surface area contributed by atoms with Gasteiger partial charge in [-0.15, -0.1) is 0 Å². The van der Waals surface area contributed by atoms with Crippen molar-refractivity contribution in [2.24, 2.45) is 0 Å². The third-order valence-electron chi connectivity index (χ3n) is 0.864. The summed E-state index contributed by atoms with van der Waals surface area (Å²) >= 11 is 0. The van der Waals surface area contributed by atoms with Crippen molar-refractivity contribution in [2.45, 2.75) is 6.92 Å². The predicted molar refractivity (Wildman–Crippen MR) is 32.5 cm³/mol. The van der Waals surface area contributed by atoms with Crippen LogP contribution in [-0.2, 0) is 4.89 Å². The molecule has 0 amide bonds. The average Bonchev–Trinajstić information content (AvgIpc) is 1.83. The first kappa shape index (κ1) is 7.40. The fourth-order valence-corrected chi connectivity index (χ4v) is 0.335. The van der Waals surface area contributed by atoms with Gasteiger partial charge < -0.3 is 0 Å². The van der Waals surface area contributed by atoms with E-state index < -0.39 is 0 Å². The third-order valence-corrected chi connectivity index (χ3v) is 0.864. The molecular formula is C6H10O2. The number of hydrogen-bond donors (Lipinski definition) is 1. The lowest BCUT2D eigenvalue weighted by molar-refractivity contribution is -0.233. The molecule has 46 valence electrons. The van der Waals surface area contributed by atoms with Crippen LogP contribution >= 0.6 is 0 Å². The van der Waals surface area contributed by atoms with Crippen LogP contribution in [0.15, 0.2) is 24.3 Å². The molecule has 0 unspecified atom stereocenters. The minimum atomic E-state index is 0.222. The van der Waals surface area contributed by atoms with E-state index in [4.69, 9.17) is 5.26 Å². The quantitative estimate of drug-likeness (QED) is 0.343. The molecule has 0 saturated carbocycles. The first-order chi connectivity index (χ1) is 3.85. The minimum Gasteiger partial charge on any atom is -0.251 e. The average molecular weight is 114 g/mol. The Bertz CT molecular complexity index is 94.7. The molecule has 0 atom stereocenters. The zero-order valence-electron chi connectivity index (χ0n) is 4.92. The molecule has 0 aromatic carbocycles. The monoisotopic (exact) mass is 114 g/mol. The molecule has 0 aromatic rings. The van der Waals surface area contributed by atoms with Gasteiger partial charge in [-0.2, -0.15) is 0 Å². The van der Waals surface area contributed by atoms with Crippen molar-refractivity contribution in [1.29, 1.82) is 0 Å². The van der Waals surface area contributed by atoms with Gasteiger partial charge in [-0.25, -0.2) is 4.89 Å². The molecule has 0 spiro atoms. The fraction of sp³-hybridized carbons (Fsp3) is 0.333. The van der Waals surface area contributed by atoms with Crippen molar-refractivity contribution in [1.82, 2.24) is 0 Å². The van der Waals surface area contributed by atoms with E-state index in [9.17, 15) is 0 Å². The summed E-state index contributed by atoms with van der Waals surface area (Å²) in [5.74, 6) is 0. The van der Waals surface area contributed by atoms with Crippen molar-refractivity contribution >= 4 is 0 Å². The van der Waals surface area contributed by atoms with Gasteiger partial charge in [-0.3, -0.25) is 5.26 Å². The van der Waals surface area contributed by atoms with E-state index in [0.717, 1.165) is 5.57 Å². The van der Waals surface area contributed by atoms with E-state index in [1.807, 2.05) is 13.0 Å². The van der Waals surface area contributed by atoms with Crippen LogP contribution in [0.3, 0.4) is 0 Å². The van der Waals surface area contributed by atoms with Crippen molar-refractivity contribution in [3.63, 3.8) is 0 Å². The smallest absolute Gasteiger partial charge is 0.107 e. The molecule has 0 aromatic heterocycles. The fourth-order valence-electron chi connectivity index (χ4n) is 0.335. The lowest BCUT2D eigenvalue weighted by atomic mass is 10.3. The second-order valence-electron chi connectivity index (χ2n) is 1.34. The highest BCUT2D eigenvalue weighted by atomic mass is 17.1. The van der Waals surface area contributed by atoms with E-state index in [2.05, 4.69) is 11.5 Å². The van der Waals surface area contributed by atoms with Crippen LogP contribution in [0.5, 0.6) is 0 Å². The lowest BCUT2D eigenvalue weighted by Crippen LogP contribution is -1.89.